The maximum atomic E-state index is 5.76. The van der Waals surface area contributed by atoms with E-state index in [9.17, 15) is 0 Å². The lowest BCUT2D eigenvalue weighted by Crippen LogP contribution is -2.38. The smallest absolute Gasteiger partial charge is 0.204 e. The summed E-state index contributed by atoms with van der Waals surface area (Å²) in [6, 6.07) is 10.4. The Labute approximate surface area is 139 Å². The average molecular weight is 325 g/mol. The third kappa shape index (κ3) is 3.34. The quantitative estimate of drug-likeness (QED) is 0.754. The Kier molecular flexibility index (Phi) is 4.30. The van der Waals surface area contributed by atoms with Gasteiger partial charge < -0.3 is 4.74 Å². The van der Waals surface area contributed by atoms with Crippen LogP contribution in [-0.4, -0.2) is 55.0 Å². The highest BCUT2D eigenvalue weighted by Gasteiger charge is 2.25. The Bertz CT molecular complexity index is 757. The SMILES string of the molecule is c1ccc(Cn2cccn2)c(CN2CCOC(c3nn[nH]n3)C2)c1. The summed E-state index contributed by atoms with van der Waals surface area (Å²) in [5.41, 5.74) is 2.59. The molecule has 1 aromatic carbocycles. The molecule has 8 nitrogen and oxygen atoms in total. The van der Waals surface area contributed by atoms with E-state index in [4.69, 9.17) is 4.74 Å². The number of benzene rings is 1. The summed E-state index contributed by atoms with van der Waals surface area (Å²) in [7, 11) is 0. The third-order valence-corrected chi connectivity index (χ3v) is 4.20. The van der Waals surface area contributed by atoms with Gasteiger partial charge in [-0.15, -0.1) is 10.2 Å². The van der Waals surface area contributed by atoms with Gasteiger partial charge in [0, 0.05) is 32.0 Å². The van der Waals surface area contributed by atoms with Gasteiger partial charge in [-0.05, 0) is 17.2 Å². The number of hydrogen-bond donors (Lipinski definition) is 1. The Hall–Kier alpha value is -2.58. The van der Waals surface area contributed by atoms with Crippen LogP contribution in [0.5, 0.6) is 0 Å². The van der Waals surface area contributed by atoms with Crippen LogP contribution < -0.4 is 0 Å². The molecule has 0 saturated carbocycles. The fourth-order valence-corrected chi connectivity index (χ4v) is 2.98. The van der Waals surface area contributed by atoms with Gasteiger partial charge in [-0.2, -0.15) is 10.3 Å². The highest BCUT2D eigenvalue weighted by Crippen LogP contribution is 2.21. The minimum absolute atomic E-state index is 0.129. The van der Waals surface area contributed by atoms with E-state index in [0.29, 0.717) is 12.4 Å². The van der Waals surface area contributed by atoms with Gasteiger partial charge >= 0.3 is 0 Å². The summed E-state index contributed by atoms with van der Waals surface area (Å²) < 4.78 is 7.71. The normalized spacial score (nSPS) is 18.8. The number of nitrogens with zero attached hydrogens (tertiary/aromatic N) is 6. The molecule has 124 valence electrons. The van der Waals surface area contributed by atoms with E-state index in [1.54, 1.807) is 6.20 Å². The van der Waals surface area contributed by atoms with E-state index in [1.807, 2.05) is 16.9 Å². The van der Waals surface area contributed by atoms with Crippen molar-refractivity contribution < 1.29 is 4.74 Å². The summed E-state index contributed by atoms with van der Waals surface area (Å²) in [5, 5.41) is 18.5. The maximum absolute atomic E-state index is 5.76. The van der Waals surface area contributed by atoms with Gasteiger partial charge in [0.1, 0.15) is 6.10 Å². The fourth-order valence-electron chi connectivity index (χ4n) is 2.98. The number of rotatable bonds is 5. The lowest BCUT2D eigenvalue weighted by molar-refractivity contribution is -0.0372. The van der Waals surface area contributed by atoms with Gasteiger partial charge in [0.15, 0.2) is 0 Å². The third-order valence-electron chi connectivity index (χ3n) is 4.20. The zero-order valence-electron chi connectivity index (χ0n) is 13.2. The number of aromatic nitrogens is 6. The number of ether oxygens (including phenoxy) is 1. The first-order valence-corrected chi connectivity index (χ1v) is 8.00. The topological polar surface area (TPSA) is 84.8 Å². The average Bonchev–Trinajstić information content (AvgIpc) is 3.30. The monoisotopic (exact) mass is 325 g/mol. The second-order valence-corrected chi connectivity index (χ2v) is 5.84. The molecule has 1 unspecified atom stereocenters. The van der Waals surface area contributed by atoms with Crippen LogP contribution in [0.15, 0.2) is 42.7 Å². The molecule has 1 atom stereocenters. The van der Waals surface area contributed by atoms with Crippen molar-refractivity contribution in [1.82, 2.24) is 35.3 Å². The lowest BCUT2D eigenvalue weighted by atomic mass is 10.1. The van der Waals surface area contributed by atoms with Gasteiger partial charge in [-0.3, -0.25) is 9.58 Å². The minimum atomic E-state index is -0.129. The Morgan fingerprint density at radius 1 is 1.17 bits per heavy atom. The molecule has 3 aromatic rings. The molecule has 1 saturated heterocycles. The van der Waals surface area contributed by atoms with E-state index in [1.165, 1.54) is 11.1 Å². The van der Waals surface area contributed by atoms with Crippen LogP contribution >= 0.6 is 0 Å². The van der Waals surface area contributed by atoms with Crippen LogP contribution in [0.1, 0.15) is 23.1 Å². The maximum Gasteiger partial charge on any atom is 0.204 e. The highest BCUT2D eigenvalue weighted by molar-refractivity contribution is 5.27. The molecule has 0 aliphatic carbocycles. The van der Waals surface area contributed by atoms with Crippen LogP contribution in [-0.2, 0) is 17.8 Å². The Balaban J connectivity index is 1.47. The van der Waals surface area contributed by atoms with Crippen molar-refractivity contribution >= 4 is 0 Å². The molecule has 0 bridgehead atoms. The Morgan fingerprint density at radius 2 is 2.04 bits per heavy atom. The van der Waals surface area contributed by atoms with E-state index in [2.05, 4.69) is 54.9 Å². The molecular weight excluding hydrogens is 306 g/mol. The van der Waals surface area contributed by atoms with Crippen molar-refractivity contribution in [3.63, 3.8) is 0 Å². The molecule has 3 heterocycles. The number of aromatic amines is 1. The standard InChI is InChI=1S/C16H19N7O/c1-2-5-14(11-23-7-3-6-17-23)13(4-1)10-22-8-9-24-15(12-22)16-18-20-21-19-16/h1-7,15H,8-12H2,(H,18,19,20,21). The molecule has 0 spiro atoms. The van der Waals surface area contributed by atoms with E-state index >= 15 is 0 Å². The van der Waals surface area contributed by atoms with Crippen molar-refractivity contribution in [2.75, 3.05) is 19.7 Å². The number of H-pyrrole nitrogens is 1. The first kappa shape index (κ1) is 15.0. The molecule has 0 radical (unpaired) electrons. The number of tetrazole rings is 1. The van der Waals surface area contributed by atoms with Crippen molar-refractivity contribution in [3.8, 4) is 0 Å². The number of nitrogens with one attached hydrogen (secondary N) is 1. The van der Waals surface area contributed by atoms with Crippen LogP contribution in [0.3, 0.4) is 0 Å². The first-order valence-electron chi connectivity index (χ1n) is 8.00. The molecule has 1 aliphatic rings. The molecule has 8 heteroatoms. The van der Waals surface area contributed by atoms with E-state index in [-0.39, 0.29) is 6.10 Å². The molecular formula is C16H19N7O. The second-order valence-electron chi connectivity index (χ2n) is 5.84. The van der Waals surface area contributed by atoms with Crippen LogP contribution in [0.25, 0.3) is 0 Å². The van der Waals surface area contributed by atoms with Gasteiger partial charge in [0.2, 0.25) is 5.82 Å². The summed E-state index contributed by atoms with van der Waals surface area (Å²) in [4.78, 5) is 2.37. The summed E-state index contributed by atoms with van der Waals surface area (Å²) in [6.45, 7) is 3.97. The van der Waals surface area contributed by atoms with E-state index in [0.717, 1.165) is 26.2 Å². The molecule has 1 aliphatic heterocycles. The molecule has 2 aromatic heterocycles. The molecule has 0 amide bonds. The number of morpholine rings is 1. The molecule has 4 rings (SSSR count). The predicted octanol–water partition coefficient (Wildman–Crippen LogP) is 1.02. The number of hydrogen-bond acceptors (Lipinski definition) is 6. The van der Waals surface area contributed by atoms with Crippen molar-refractivity contribution in [2.45, 2.75) is 19.2 Å². The molecule has 24 heavy (non-hydrogen) atoms. The fraction of sp³-hybridized carbons (Fsp3) is 0.375. The zero-order valence-corrected chi connectivity index (χ0v) is 13.2. The molecule has 1 fully saturated rings. The first-order chi connectivity index (χ1) is 11.9. The predicted molar refractivity (Wildman–Crippen MR) is 85.9 cm³/mol. The summed E-state index contributed by atoms with van der Waals surface area (Å²) >= 11 is 0. The van der Waals surface area contributed by atoms with E-state index < -0.39 is 0 Å². The zero-order chi connectivity index (χ0) is 16.2. The van der Waals surface area contributed by atoms with Gasteiger partial charge in [0.25, 0.3) is 0 Å². The highest BCUT2D eigenvalue weighted by atomic mass is 16.5. The summed E-state index contributed by atoms with van der Waals surface area (Å²) in [6.07, 6.45) is 3.66. The second kappa shape index (κ2) is 6.90. The minimum Gasteiger partial charge on any atom is -0.367 e. The van der Waals surface area contributed by atoms with Crippen molar-refractivity contribution in [3.05, 3.63) is 59.7 Å². The van der Waals surface area contributed by atoms with Crippen LogP contribution in [0.2, 0.25) is 0 Å². The van der Waals surface area contributed by atoms with Crippen LogP contribution in [0, 0.1) is 0 Å². The molecule has 1 N–H and O–H groups in total. The summed E-state index contributed by atoms with van der Waals surface area (Å²) in [5.74, 6) is 0.615. The largest absolute Gasteiger partial charge is 0.367 e. The lowest BCUT2D eigenvalue weighted by Gasteiger charge is -2.31. The van der Waals surface area contributed by atoms with Crippen molar-refractivity contribution in [1.29, 1.82) is 0 Å². The van der Waals surface area contributed by atoms with Crippen LogP contribution in [0.4, 0.5) is 0 Å². The van der Waals surface area contributed by atoms with Crippen molar-refractivity contribution in [2.24, 2.45) is 0 Å². The van der Waals surface area contributed by atoms with Gasteiger partial charge in [-0.1, -0.05) is 29.5 Å². The van der Waals surface area contributed by atoms with Gasteiger partial charge in [0.05, 0.1) is 13.2 Å². The van der Waals surface area contributed by atoms with Gasteiger partial charge in [-0.25, -0.2) is 0 Å². The Morgan fingerprint density at radius 3 is 2.79 bits per heavy atom.